The first kappa shape index (κ1) is 21.6. The van der Waals surface area contributed by atoms with E-state index in [1.54, 1.807) is 48.2 Å². The van der Waals surface area contributed by atoms with Crippen molar-refractivity contribution in [2.45, 2.75) is 13.5 Å². The maximum absolute atomic E-state index is 12.9. The molecule has 1 saturated heterocycles. The predicted octanol–water partition coefficient (Wildman–Crippen LogP) is 3.48. The van der Waals surface area contributed by atoms with Gasteiger partial charge >= 0.3 is 0 Å². The minimum Gasteiger partial charge on any atom is -0.485 e. The first-order valence-electron chi connectivity index (χ1n) is 9.91. The Morgan fingerprint density at radius 3 is 2.53 bits per heavy atom. The lowest BCUT2D eigenvalue weighted by Crippen LogP contribution is -2.48. The number of benzene rings is 2. The Bertz CT molecular complexity index is 1130. The zero-order chi connectivity index (χ0) is 22.7. The van der Waals surface area contributed by atoms with Crippen LogP contribution >= 0.6 is 11.6 Å². The first-order valence-corrected chi connectivity index (χ1v) is 10.3. The molecule has 1 aliphatic heterocycles. The molecule has 10 nitrogen and oxygen atoms in total. The number of carbonyl (C=O) groups excluding carboxylic acids is 1. The van der Waals surface area contributed by atoms with Crippen molar-refractivity contribution in [1.82, 2.24) is 15.0 Å². The number of hydrogen-bond donors (Lipinski definition) is 0. The van der Waals surface area contributed by atoms with Gasteiger partial charge in [0.25, 0.3) is 11.6 Å². The zero-order valence-corrected chi connectivity index (χ0v) is 18.0. The van der Waals surface area contributed by atoms with Crippen LogP contribution in [0.4, 0.5) is 11.4 Å². The first-order chi connectivity index (χ1) is 15.4. The van der Waals surface area contributed by atoms with E-state index in [1.807, 2.05) is 4.90 Å². The molecule has 0 aliphatic carbocycles. The molecule has 2 heterocycles. The zero-order valence-electron chi connectivity index (χ0n) is 17.2. The average Bonchev–Trinajstić information content (AvgIpc) is 3.22. The summed E-state index contributed by atoms with van der Waals surface area (Å²) < 4.78 is 10.5. The van der Waals surface area contributed by atoms with Gasteiger partial charge < -0.3 is 19.1 Å². The standard InChI is InChI=1S/C21H20ClN5O5/c1-14-23-20(24-32-14)13-31-17-5-2-15(3-6-17)21(28)26-10-8-25(9-11-26)18-7-4-16(22)12-19(18)27(29)30/h2-7,12H,8-11,13H2,1H3. The van der Waals surface area contributed by atoms with E-state index in [-0.39, 0.29) is 18.2 Å². The van der Waals surface area contributed by atoms with Crippen LogP contribution in [0.1, 0.15) is 22.1 Å². The van der Waals surface area contributed by atoms with Crippen molar-refractivity contribution in [3.05, 3.63) is 74.9 Å². The average molecular weight is 458 g/mol. The Labute approximate surface area is 188 Å². The number of carbonyl (C=O) groups is 1. The van der Waals surface area contributed by atoms with Gasteiger partial charge in [0, 0.05) is 49.8 Å². The number of anilines is 1. The number of piperazine rings is 1. The Kier molecular flexibility index (Phi) is 6.22. The van der Waals surface area contributed by atoms with Crippen LogP contribution in [-0.2, 0) is 6.61 Å². The summed E-state index contributed by atoms with van der Waals surface area (Å²) in [6, 6.07) is 11.5. The van der Waals surface area contributed by atoms with Crippen LogP contribution in [0.15, 0.2) is 47.0 Å². The molecule has 1 fully saturated rings. The van der Waals surface area contributed by atoms with E-state index in [4.69, 9.17) is 20.9 Å². The number of aryl methyl sites for hydroxylation is 1. The van der Waals surface area contributed by atoms with Gasteiger partial charge in [0.2, 0.25) is 11.7 Å². The second kappa shape index (κ2) is 9.23. The van der Waals surface area contributed by atoms with Crippen molar-refractivity contribution in [3.8, 4) is 5.75 Å². The lowest BCUT2D eigenvalue weighted by atomic mass is 10.1. The number of hydrogen-bond acceptors (Lipinski definition) is 8. The highest BCUT2D eigenvalue weighted by molar-refractivity contribution is 6.30. The van der Waals surface area contributed by atoms with E-state index in [1.165, 1.54) is 6.07 Å². The molecule has 2 aromatic carbocycles. The highest BCUT2D eigenvalue weighted by atomic mass is 35.5. The van der Waals surface area contributed by atoms with Gasteiger partial charge in [0.1, 0.15) is 11.4 Å². The fourth-order valence-corrected chi connectivity index (χ4v) is 3.65. The van der Waals surface area contributed by atoms with Crippen molar-refractivity contribution in [1.29, 1.82) is 0 Å². The molecular formula is C21H20ClN5O5. The van der Waals surface area contributed by atoms with Gasteiger partial charge in [0.05, 0.1) is 4.92 Å². The van der Waals surface area contributed by atoms with E-state index >= 15 is 0 Å². The number of rotatable bonds is 6. The summed E-state index contributed by atoms with van der Waals surface area (Å²) in [5.74, 6) is 1.40. The molecule has 0 bridgehead atoms. The van der Waals surface area contributed by atoms with E-state index < -0.39 is 4.92 Å². The molecule has 0 spiro atoms. The van der Waals surface area contributed by atoms with Gasteiger partial charge in [-0.3, -0.25) is 14.9 Å². The van der Waals surface area contributed by atoms with Gasteiger partial charge in [-0.2, -0.15) is 4.98 Å². The third kappa shape index (κ3) is 4.80. The highest BCUT2D eigenvalue weighted by Crippen LogP contribution is 2.31. The van der Waals surface area contributed by atoms with Gasteiger partial charge in [-0.25, -0.2) is 0 Å². The van der Waals surface area contributed by atoms with Crippen LogP contribution in [0, 0.1) is 17.0 Å². The molecule has 0 N–H and O–H groups in total. The molecule has 3 aromatic rings. The third-order valence-corrected chi connectivity index (χ3v) is 5.32. The number of halogens is 1. The van der Waals surface area contributed by atoms with Crippen LogP contribution in [0.3, 0.4) is 0 Å². The van der Waals surface area contributed by atoms with Crippen LogP contribution in [0.25, 0.3) is 0 Å². The summed E-state index contributed by atoms with van der Waals surface area (Å²) in [6.07, 6.45) is 0. The molecule has 1 amide bonds. The quantitative estimate of drug-likeness (QED) is 0.408. The molecule has 0 unspecified atom stereocenters. The molecule has 32 heavy (non-hydrogen) atoms. The van der Waals surface area contributed by atoms with Crippen molar-refractivity contribution < 1.29 is 19.0 Å². The molecule has 11 heteroatoms. The number of ether oxygens (including phenoxy) is 1. The Morgan fingerprint density at radius 2 is 1.91 bits per heavy atom. The molecule has 0 saturated carbocycles. The Morgan fingerprint density at radius 1 is 1.19 bits per heavy atom. The minimum atomic E-state index is -0.442. The van der Waals surface area contributed by atoms with Crippen LogP contribution < -0.4 is 9.64 Å². The number of aromatic nitrogens is 2. The molecule has 166 valence electrons. The third-order valence-electron chi connectivity index (χ3n) is 5.08. The highest BCUT2D eigenvalue weighted by Gasteiger charge is 2.26. The van der Waals surface area contributed by atoms with Crippen molar-refractivity contribution in [3.63, 3.8) is 0 Å². The van der Waals surface area contributed by atoms with Crippen LogP contribution in [-0.4, -0.2) is 52.1 Å². The fraction of sp³-hybridized carbons (Fsp3) is 0.286. The summed E-state index contributed by atoms with van der Waals surface area (Å²) in [6.45, 7) is 3.75. The van der Waals surface area contributed by atoms with E-state index in [0.29, 0.717) is 59.9 Å². The number of nitro benzene ring substituents is 1. The molecular weight excluding hydrogens is 438 g/mol. The lowest BCUT2D eigenvalue weighted by molar-refractivity contribution is -0.384. The Hall–Kier alpha value is -3.66. The summed E-state index contributed by atoms with van der Waals surface area (Å²) in [7, 11) is 0. The molecule has 1 aromatic heterocycles. The Balaban J connectivity index is 1.35. The summed E-state index contributed by atoms with van der Waals surface area (Å²) in [5, 5.41) is 15.4. The summed E-state index contributed by atoms with van der Waals surface area (Å²) in [5.41, 5.74) is 1.01. The molecule has 0 radical (unpaired) electrons. The SMILES string of the molecule is Cc1nc(COc2ccc(C(=O)N3CCN(c4ccc(Cl)cc4[N+](=O)[O-])CC3)cc2)no1. The lowest BCUT2D eigenvalue weighted by Gasteiger charge is -2.35. The maximum Gasteiger partial charge on any atom is 0.294 e. The van der Waals surface area contributed by atoms with Gasteiger partial charge in [-0.1, -0.05) is 16.8 Å². The fourth-order valence-electron chi connectivity index (χ4n) is 3.48. The van der Waals surface area contributed by atoms with Gasteiger partial charge in [-0.15, -0.1) is 0 Å². The van der Waals surface area contributed by atoms with E-state index in [2.05, 4.69) is 10.1 Å². The van der Waals surface area contributed by atoms with Crippen molar-refractivity contribution >= 4 is 28.9 Å². The number of amides is 1. The maximum atomic E-state index is 12.9. The number of nitrogens with zero attached hydrogens (tertiary/aromatic N) is 5. The van der Waals surface area contributed by atoms with Crippen molar-refractivity contribution in [2.24, 2.45) is 0 Å². The topological polar surface area (TPSA) is 115 Å². The van der Waals surface area contributed by atoms with Gasteiger partial charge in [0.15, 0.2) is 6.61 Å². The largest absolute Gasteiger partial charge is 0.485 e. The summed E-state index contributed by atoms with van der Waals surface area (Å²) >= 11 is 5.90. The number of nitro groups is 1. The van der Waals surface area contributed by atoms with Gasteiger partial charge in [-0.05, 0) is 36.4 Å². The monoisotopic (exact) mass is 457 g/mol. The van der Waals surface area contributed by atoms with E-state index in [0.717, 1.165) is 0 Å². The molecule has 0 atom stereocenters. The second-order valence-corrected chi connectivity index (χ2v) is 7.65. The van der Waals surface area contributed by atoms with Crippen LogP contribution in [0.5, 0.6) is 5.75 Å². The molecule has 1 aliphatic rings. The van der Waals surface area contributed by atoms with Crippen LogP contribution in [0.2, 0.25) is 5.02 Å². The predicted molar refractivity (Wildman–Crippen MR) is 116 cm³/mol. The second-order valence-electron chi connectivity index (χ2n) is 7.21. The van der Waals surface area contributed by atoms with Crippen molar-refractivity contribution in [2.75, 3.05) is 31.1 Å². The normalized spacial score (nSPS) is 13.8. The molecule has 4 rings (SSSR count). The summed E-state index contributed by atoms with van der Waals surface area (Å²) in [4.78, 5) is 31.5. The van der Waals surface area contributed by atoms with E-state index in [9.17, 15) is 14.9 Å². The smallest absolute Gasteiger partial charge is 0.294 e. The minimum absolute atomic E-state index is 0.0381.